The van der Waals surface area contributed by atoms with Crippen molar-refractivity contribution in [3.8, 4) is 0 Å². The Morgan fingerprint density at radius 1 is 1.33 bits per heavy atom. The largest absolute Gasteiger partial charge is 0.316 e. The van der Waals surface area contributed by atoms with Crippen LogP contribution in [0.1, 0.15) is 45.0 Å². The average Bonchev–Trinajstić information content (AvgIpc) is 2.80. The van der Waals surface area contributed by atoms with Gasteiger partial charge < -0.3 is 5.32 Å². The van der Waals surface area contributed by atoms with Crippen molar-refractivity contribution in [1.82, 2.24) is 20.0 Å². The van der Waals surface area contributed by atoms with E-state index in [1.54, 1.807) is 0 Å². The van der Waals surface area contributed by atoms with E-state index in [-0.39, 0.29) is 0 Å². The molecular weight excluding hydrogens is 260 g/mol. The Morgan fingerprint density at radius 3 is 2.67 bits per heavy atom. The van der Waals surface area contributed by atoms with Gasteiger partial charge in [0.15, 0.2) is 0 Å². The summed E-state index contributed by atoms with van der Waals surface area (Å²) in [6, 6.07) is 2.24. The van der Waals surface area contributed by atoms with E-state index >= 15 is 0 Å². The molecular formula is C17H32N4. The van der Waals surface area contributed by atoms with Crippen molar-refractivity contribution in [1.29, 1.82) is 0 Å². The average molecular weight is 292 g/mol. The highest BCUT2D eigenvalue weighted by Gasteiger charge is 2.20. The van der Waals surface area contributed by atoms with Gasteiger partial charge in [0.25, 0.3) is 0 Å². The van der Waals surface area contributed by atoms with Gasteiger partial charge in [-0.05, 0) is 70.8 Å². The third-order valence-electron chi connectivity index (χ3n) is 4.36. The SMILES string of the molecule is CCn1nc(C)cc1CN1CCC(CNCC(C)C)CC1. The molecule has 0 bridgehead atoms. The molecule has 0 aromatic carbocycles. The lowest BCUT2D eigenvalue weighted by Crippen LogP contribution is -2.37. The molecule has 1 aliphatic rings. The van der Waals surface area contributed by atoms with Gasteiger partial charge in [-0.1, -0.05) is 13.8 Å². The molecule has 1 aliphatic heterocycles. The number of likely N-dealkylation sites (tertiary alicyclic amines) is 1. The normalized spacial score (nSPS) is 17.8. The van der Waals surface area contributed by atoms with E-state index in [0.29, 0.717) is 0 Å². The monoisotopic (exact) mass is 292 g/mol. The number of nitrogens with one attached hydrogen (secondary N) is 1. The Morgan fingerprint density at radius 2 is 2.05 bits per heavy atom. The quantitative estimate of drug-likeness (QED) is 0.839. The fraction of sp³-hybridized carbons (Fsp3) is 0.824. The van der Waals surface area contributed by atoms with Crippen molar-refractivity contribution in [3.05, 3.63) is 17.5 Å². The van der Waals surface area contributed by atoms with E-state index < -0.39 is 0 Å². The van der Waals surface area contributed by atoms with Gasteiger partial charge in [-0.25, -0.2) is 0 Å². The molecule has 0 aliphatic carbocycles. The molecule has 4 heteroatoms. The summed E-state index contributed by atoms with van der Waals surface area (Å²) in [7, 11) is 0. The van der Waals surface area contributed by atoms with Crippen LogP contribution in [0.5, 0.6) is 0 Å². The lowest BCUT2D eigenvalue weighted by molar-refractivity contribution is 0.171. The zero-order valence-electron chi connectivity index (χ0n) is 14.2. The van der Waals surface area contributed by atoms with Crippen LogP contribution in [-0.2, 0) is 13.1 Å². The number of piperidine rings is 1. The maximum Gasteiger partial charge on any atom is 0.0597 e. The van der Waals surface area contributed by atoms with Gasteiger partial charge in [0.05, 0.1) is 11.4 Å². The zero-order chi connectivity index (χ0) is 15.2. The van der Waals surface area contributed by atoms with E-state index in [1.165, 1.54) is 38.2 Å². The number of hydrogen-bond acceptors (Lipinski definition) is 3. The van der Waals surface area contributed by atoms with Crippen molar-refractivity contribution < 1.29 is 0 Å². The number of rotatable bonds is 7. The third kappa shape index (κ3) is 5.11. The maximum atomic E-state index is 4.55. The Kier molecular flexibility index (Phi) is 6.24. The number of nitrogens with zero attached hydrogens (tertiary/aromatic N) is 3. The fourth-order valence-corrected chi connectivity index (χ4v) is 3.15. The zero-order valence-corrected chi connectivity index (χ0v) is 14.2. The topological polar surface area (TPSA) is 33.1 Å². The first-order chi connectivity index (χ1) is 10.1. The van der Waals surface area contributed by atoms with Gasteiger partial charge in [-0.2, -0.15) is 5.10 Å². The molecule has 0 radical (unpaired) electrons. The highest BCUT2D eigenvalue weighted by molar-refractivity contribution is 5.09. The summed E-state index contributed by atoms with van der Waals surface area (Å²) >= 11 is 0. The third-order valence-corrected chi connectivity index (χ3v) is 4.36. The number of hydrogen-bond donors (Lipinski definition) is 1. The first-order valence-electron chi connectivity index (χ1n) is 8.54. The molecule has 21 heavy (non-hydrogen) atoms. The van der Waals surface area contributed by atoms with Crippen LogP contribution >= 0.6 is 0 Å². The summed E-state index contributed by atoms with van der Waals surface area (Å²) in [5, 5.41) is 8.15. The smallest absolute Gasteiger partial charge is 0.0597 e. The van der Waals surface area contributed by atoms with Crippen molar-refractivity contribution in [2.24, 2.45) is 11.8 Å². The minimum Gasteiger partial charge on any atom is -0.316 e. The molecule has 0 atom stereocenters. The standard InChI is InChI=1S/C17H32N4/c1-5-21-17(10-15(4)19-21)13-20-8-6-16(7-9-20)12-18-11-14(2)3/h10,14,16,18H,5-9,11-13H2,1-4H3. The van der Waals surface area contributed by atoms with Crippen LogP contribution in [0.2, 0.25) is 0 Å². The molecule has 0 unspecified atom stereocenters. The Hall–Kier alpha value is -0.870. The van der Waals surface area contributed by atoms with Crippen LogP contribution in [0.15, 0.2) is 6.07 Å². The number of aromatic nitrogens is 2. The summed E-state index contributed by atoms with van der Waals surface area (Å²) in [5.74, 6) is 1.61. The molecule has 0 amide bonds. The Bertz CT molecular complexity index is 416. The Labute approximate surface area is 129 Å². The van der Waals surface area contributed by atoms with Crippen LogP contribution in [0.3, 0.4) is 0 Å². The van der Waals surface area contributed by atoms with Gasteiger partial charge in [-0.15, -0.1) is 0 Å². The van der Waals surface area contributed by atoms with E-state index in [1.807, 2.05) is 0 Å². The van der Waals surface area contributed by atoms with E-state index in [4.69, 9.17) is 0 Å². The molecule has 2 rings (SSSR count). The highest BCUT2D eigenvalue weighted by atomic mass is 15.3. The number of aryl methyl sites for hydroxylation is 2. The lowest BCUT2D eigenvalue weighted by atomic mass is 9.96. The van der Waals surface area contributed by atoms with E-state index in [2.05, 4.69) is 53.8 Å². The van der Waals surface area contributed by atoms with Crippen LogP contribution in [0, 0.1) is 18.8 Å². The molecule has 2 heterocycles. The first-order valence-corrected chi connectivity index (χ1v) is 8.54. The summed E-state index contributed by atoms with van der Waals surface area (Å²) in [6.07, 6.45) is 2.65. The molecule has 1 N–H and O–H groups in total. The van der Waals surface area contributed by atoms with E-state index in [0.717, 1.165) is 37.2 Å². The van der Waals surface area contributed by atoms with Gasteiger partial charge in [0.2, 0.25) is 0 Å². The molecule has 1 aromatic heterocycles. The van der Waals surface area contributed by atoms with Gasteiger partial charge in [-0.3, -0.25) is 9.58 Å². The molecule has 4 nitrogen and oxygen atoms in total. The van der Waals surface area contributed by atoms with E-state index in [9.17, 15) is 0 Å². The summed E-state index contributed by atoms with van der Waals surface area (Å²) in [5.41, 5.74) is 2.51. The predicted molar refractivity (Wildman–Crippen MR) is 88.3 cm³/mol. The molecule has 0 spiro atoms. The highest BCUT2D eigenvalue weighted by Crippen LogP contribution is 2.19. The molecule has 1 saturated heterocycles. The van der Waals surface area contributed by atoms with Crippen molar-refractivity contribution >= 4 is 0 Å². The molecule has 120 valence electrons. The molecule has 1 aromatic rings. The van der Waals surface area contributed by atoms with Gasteiger partial charge in [0.1, 0.15) is 0 Å². The lowest BCUT2D eigenvalue weighted by Gasteiger charge is -2.32. The first kappa shape index (κ1) is 16.5. The minimum atomic E-state index is 0.752. The maximum absolute atomic E-state index is 4.55. The summed E-state index contributed by atoms with van der Waals surface area (Å²) < 4.78 is 2.14. The summed E-state index contributed by atoms with van der Waals surface area (Å²) in [6.45, 7) is 15.6. The Balaban J connectivity index is 1.73. The van der Waals surface area contributed by atoms with Gasteiger partial charge in [0, 0.05) is 13.1 Å². The van der Waals surface area contributed by atoms with Crippen molar-refractivity contribution in [3.63, 3.8) is 0 Å². The van der Waals surface area contributed by atoms with Gasteiger partial charge >= 0.3 is 0 Å². The van der Waals surface area contributed by atoms with Crippen molar-refractivity contribution in [2.45, 2.75) is 53.6 Å². The second kappa shape index (κ2) is 7.95. The second-order valence-corrected chi connectivity index (χ2v) is 6.86. The van der Waals surface area contributed by atoms with Crippen molar-refractivity contribution in [2.75, 3.05) is 26.2 Å². The predicted octanol–water partition coefficient (Wildman–Crippen LogP) is 2.67. The molecule has 0 saturated carbocycles. The molecule has 1 fully saturated rings. The van der Waals surface area contributed by atoms with Crippen LogP contribution in [-0.4, -0.2) is 40.9 Å². The second-order valence-electron chi connectivity index (χ2n) is 6.86. The summed E-state index contributed by atoms with van der Waals surface area (Å²) in [4.78, 5) is 2.58. The fourth-order valence-electron chi connectivity index (χ4n) is 3.15. The van der Waals surface area contributed by atoms with Crippen LogP contribution in [0.25, 0.3) is 0 Å². The minimum absolute atomic E-state index is 0.752. The van der Waals surface area contributed by atoms with Crippen LogP contribution in [0.4, 0.5) is 0 Å². The van der Waals surface area contributed by atoms with Crippen LogP contribution < -0.4 is 5.32 Å².